The number of methoxy groups -OCH3 is 1. The Balaban J connectivity index is 1.44. The SMILES string of the molecule is COc1ccc(Cn2c(COc3ccc4ccccc4c3)nc3ccccc32)cc1. The summed E-state index contributed by atoms with van der Waals surface area (Å²) in [4.78, 5) is 4.83. The summed E-state index contributed by atoms with van der Waals surface area (Å²) in [6.45, 7) is 1.13. The van der Waals surface area contributed by atoms with E-state index in [0.29, 0.717) is 6.61 Å². The van der Waals surface area contributed by atoms with Gasteiger partial charge in [0.05, 0.1) is 18.1 Å². The molecule has 0 atom stereocenters. The van der Waals surface area contributed by atoms with Crippen molar-refractivity contribution in [3.8, 4) is 11.5 Å². The van der Waals surface area contributed by atoms with Crippen molar-refractivity contribution in [1.29, 1.82) is 0 Å². The van der Waals surface area contributed by atoms with Crippen molar-refractivity contribution in [2.45, 2.75) is 13.2 Å². The first-order valence-corrected chi connectivity index (χ1v) is 9.99. The lowest BCUT2D eigenvalue weighted by atomic mass is 10.1. The van der Waals surface area contributed by atoms with Crippen LogP contribution >= 0.6 is 0 Å². The van der Waals surface area contributed by atoms with Crippen LogP contribution in [0.3, 0.4) is 0 Å². The lowest BCUT2D eigenvalue weighted by Gasteiger charge is -2.12. The third-order valence-corrected chi connectivity index (χ3v) is 5.32. The predicted molar refractivity (Wildman–Crippen MR) is 120 cm³/mol. The Bertz CT molecular complexity index is 1310. The van der Waals surface area contributed by atoms with E-state index in [2.05, 4.69) is 47.0 Å². The summed E-state index contributed by atoms with van der Waals surface area (Å²) < 4.78 is 13.6. The minimum absolute atomic E-state index is 0.406. The number of hydrogen-bond acceptors (Lipinski definition) is 3. The van der Waals surface area contributed by atoms with Gasteiger partial charge in [-0.05, 0) is 52.7 Å². The van der Waals surface area contributed by atoms with Crippen LogP contribution in [0, 0.1) is 0 Å². The summed E-state index contributed by atoms with van der Waals surface area (Å²) in [5, 5.41) is 2.37. The number of benzene rings is 4. The molecule has 4 nitrogen and oxygen atoms in total. The normalized spacial score (nSPS) is 11.1. The number of imidazole rings is 1. The molecule has 1 aromatic heterocycles. The van der Waals surface area contributed by atoms with Gasteiger partial charge in [-0.25, -0.2) is 4.98 Å². The molecule has 0 aliphatic heterocycles. The van der Waals surface area contributed by atoms with Crippen molar-refractivity contribution in [2.75, 3.05) is 7.11 Å². The zero-order chi connectivity index (χ0) is 20.3. The Labute approximate surface area is 175 Å². The fourth-order valence-corrected chi connectivity index (χ4v) is 3.73. The van der Waals surface area contributed by atoms with Gasteiger partial charge in [-0.1, -0.05) is 54.6 Å². The molecule has 0 fully saturated rings. The maximum atomic E-state index is 6.14. The van der Waals surface area contributed by atoms with Crippen molar-refractivity contribution in [2.24, 2.45) is 0 Å². The molecule has 4 heteroatoms. The molecule has 0 saturated heterocycles. The number of para-hydroxylation sites is 2. The molecule has 4 aromatic carbocycles. The van der Waals surface area contributed by atoms with E-state index in [0.717, 1.165) is 34.9 Å². The van der Waals surface area contributed by atoms with E-state index >= 15 is 0 Å². The monoisotopic (exact) mass is 394 g/mol. The second-order valence-electron chi connectivity index (χ2n) is 7.25. The van der Waals surface area contributed by atoms with E-state index in [1.54, 1.807) is 7.11 Å². The van der Waals surface area contributed by atoms with Crippen LogP contribution in [0.5, 0.6) is 11.5 Å². The van der Waals surface area contributed by atoms with E-state index in [1.165, 1.54) is 16.3 Å². The van der Waals surface area contributed by atoms with Gasteiger partial charge in [-0.3, -0.25) is 0 Å². The summed E-state index contributed by atoms with van der Waals surface area (Å²) in [5.41, 5.74) is 3.26. The van der Waals surface area contributed by atoms with E-state index < -0.39 is 0 Å². The number of ether oxygens (including phenoxy) is 2. The molecule has 0 spiro atoms. The highest BCUT2D eigenvalue weighted by Gasteiger charge is 2.12. The fraction of sp³-hybridized carbons (Fsp3) is 0.115. The average Bonchev–Trinajstić information content (AvgIpc) is 3.15. The number of hydrogen-bond donors (Lipinski definition) is 0. The molecule has 5 rings (SSSR count). The summed E-state index contributed by atoms with van der Waals surface area (Å²) in [7, 11) is 1.68. The molecule has 0 N–H and O–H groups in total. The van der Waals surface area contributed by atoms with Crippen LogP contribution in [0.25, 0.3) is 21.8 Å². The van der Waals surface area contributed by atoms with Crippen molar-refractivity contribution in [1.82, 2.24) is 9.55 Å². The molecule has 0 saturated carbocycles. The minimum Gasteiger partial charge on any atom is -0.497 e. The highest BCUT2D eigenvalue weighted by atomic mass is 16.5. The molecule has 0 radical (unpaired) electrons. The topological polar surface area (TPSA) is 36.3 Å². The molecular weight excluding hydrogens is 372 g/mol. The molecule has 148 valence electrons. The van der Waals surface area contributed by atoms with Gasteiger partial charge < -0.3 is 14.0 Å². The summed E-state index contributed by atoms with van der Waals surface area (Å²) in [6, 6.07) is 30.8. The zero-order valence-electron chi connectivity index (χ0n) is 16.8. The summed E-state index contributed by atoms with van der Waals surface area (Å²) >= 11 is 0. The predicted octanol–water partition coefficient (Wildman–Crippen LogP) is 5.83. The molecule has 0 bridgehead atoms. The quantitative estimate of drug-likeness (QED) is 0.364. The van der Waals surface area contributed by atoms with E-state index in [4.69, 9.17) is 14.5 Å². The number of fused-ring (bicyclic) bond motifs is 2. The van der Waals surface area contributed by atoms with Crippen molar-refractivity contribution in [3.63, 3.8) is 0 Å². The molecular formula is C26H22N2O2. The van der Waals surface area contributed by atoms with Crippen LogP contribution in [0.2, 0.25) is 0 Å². The first kappa shape index (κ1) is 18.3. The second kappa shape index (κ2) is 7.91. The van der Waals surface area contributed by atoms with Crippen LogP contribution in [0.4, 0.5) is 0 Å². The lowest BCUT2D eigenvalue weighted by molar-refractivity contribution is 0.291. The molecule has 0 aliphatic carbocycles. The van der Waals surface area contributed by atoms with E-state index in [9.17, 15) is 0 Å². The van der Waals surface area contributed by atoms with Crippen molar-refractivity contribution < 1.29 is 9.47 Å². The van der Waals surface area contributed by atoms with Crippen LogP contribution in [-0.2, 0) is 13.2 Å². The molecule has 5 aromatic rings. The van der Waals surface area contributed by atoms with E-state index in [1.807, 2.05) is 48.5 Å². The lowest BCUT2D eigenvalue weighted by Crippen LogP contribution is -2.08. The summed E-state index contributed by atoms with van der Waals surface area (Å²) in [5.74, 6) is 2.60. The third-order valence-electron chi connectivity index (χ3n) is 5.32. The Kier molecular flexibility index (Phi) is 4.81. The molecule has 30 heavy (non-hydrogen) atoms. The second-order valence-corrected chi connectivity index (χ2v) is 7.25. The van der Waals surface area contributed by atoms with Crippen LogP contribution in [0.15, 0.2) is 91.0 Å². The largest absolute Gasteiger partial charge is 0.497 e. The Morgan fingerprint density at radius 2 is 1.50 bits per heavy atom. The van der Waals surface area contributed by atoms with Gasteiger partial charge in [0.15, 0.2) is 0 Å². The van der Waals surface area contributed by atoms with Crippen LogP contribution < -0.4 is 9.47 Å². The van der Waals surface area contributed by atoms with Gasteiger partial charge >= 0.3 is 0 Å². The smallest absolute Gasteiger partial charge is 0.148 e. The van der Waals surface area contributed by atoms with Gasteiger partial charge in [-0.15, -0.1) is 0 Å². The van der Waals surface area contributed by atoms with Crippen LogP contribution in [-0.4, -0.2) is 16.7 Å². The number of aromatic nitrogens is 2. The van der Waals surface area contributed by atoms with Gasteiger partial charge in [0.2, 0.25) is 0 Å². The first-order valence-electron chi connectivity index (χ1n) is 9.99. The Hall–Kier alpha value is -3.79. The molecule has 0 aliphatic rings. The maximum absolute atomic E-state index is 6.14. The number of rotatable bonds is 6. The van der Waals surface area contributed by atoms with E-state index in [-0.39, 0.29) is 0 Å². The highest BCUT2D eigenvalue weighted by Crippen LogP contribution is 2.23. The van der Waals surface area contributed by atoms with Gasteiger partial charge in [-0.2, -0.15) is 0 Å². The minimum atomic E-state index is 0.406. The van der Waals surface area contributed by atoms with Crippen molar-refractivity contribution >= 4 is 21.8 Å². The van der Waals surface area contributed by atoms with Gasteiger partial charge in [0.25, 0.3) is 0 Å². The third kappa shape index (κ3) is 3.60. The first-order chi connectivity index (χ1) is 14.8. The maximum Gasteiger partial charge on any atom is 0.148 e. The van der Waals surface area contributed by atoms with Crippen LogP contribution in [0.1, 0.15) is 11.4 Å². The van der Waals surface area contributed by atoms with Crippen molar-refractivity contribution in [3.05, 3.63) is 102 Å². The molecule has 0 amide bonds. The Morgan fingerprint density at radius 1 is 0.767 bits per heavy atom. The van der Waals surface area contributed by atoms with Gasteiger partial charge in [0.1, 0.15) is 23.9 Å². The molecule has 0 unspecified atom stereocenters. The fourth-order valence-electron chi connectivity index (χ4n) is 3.73. The average molecular weight is 394 g/mol. The highest BCUT2D eigenvalue weighted by molar-refractivity contribution is 5.83. The zero-order valence-corrected chi connectivity index (χ0v) is 16.8. The summed E-state index contributed by atoms with van der Waals surface area (Å²) in [6.07, 6.45) is 0. The molecule has 1 heterocycles. The van der Waals surface area contributed by atoms with Gasteiger partial charge in [0, 0.05) is 6.54 Å². The number of nitrogens with zero attached hydrogens (tertiary/aromatic N) is 2. The Morgan fingerprint density at radius 3 is 2.33 bits per heavy atom. The standard InChI is InChI=1S/C26H22N2O2/c1-29-22-13-10-19(11-14-22)17-28-25-9-5-4-8-24(25)27-26(28)18-30-23-15-12-20-6-2-3-7-21(20)16-23/h2-16H,17-18H2,1H3.